The number of nitrogens with one attached hydrogen (secondary N) is 1. The number of para-hydroxylation sites is 1. The maximum Gasteiger partial charge on any atom is 0.489 e. The van der Waals surface area contributed by atoms with Crippen molar-refractivity contribution in [2.24, 2.45) is 5.41 Å². The summed E-state index contributed by atoms with van der Waals surface area (Å²) in [5.41, 5.74) is 16.4. The van der Waals surface area contributed by atoms with Gasteiger partial charge in [-0.3, -0.25) is 0 Å². The van der Waals surface area contributed by atoms with Gasteiger partial charge in [0.1, 0.15) is 0 Å². The fourth-order valence-corrected chi connectivity index (χ4v) is 7.78. The molecule has 0 bridgehead atoms. The van der Waals surface area contributed by atoms with Gasteiger partial charge in [-0.2, -0.15) is 0 Å². The van der Waals surface area contributed by atoms with Gasteiger partial charge in [-0.25, -0.2) is 0 Å². The van der Waals surface area contributed by atoms with Gasteiger partial charge < -0.3 is 15.4 Å². The zero-order valence-electron chi connectivity index (χ0n) is 33.5. The maximum atomic E-state index is 9.41. The summed E-state index contributed by atoms with van der Waals surface area (Å²) < 4.78 is 1.11. The summed E-state index contributed by atoms with van der Waals surface area (Å²) in [6, 6.07) is 50.3. The lowest BCUT2D eigenvalue weighted by Gasteiger charge is -2.22. The third-order valence-corrected chi connectivity index (χ3v) is 10.5. The molecule has 0 fully saturated rings. The second kappa shape index (κ2) is 17.9. The van der Waals surface area contributed by atoms with Crippen molar-refractivity contribution in [2.45, 2.75) is 66.3 Å². The lowest BCUT2D eigenvalue weighted by molar-refractivity contribution is 0.411. The van der Waals surface area contributed by atoms with E-state index in [0.29, 0.717) is 5.46 Å². The topological polar surface area (TPSA) is 52.5 Å². The van der Waals surface area contributed by atoms with Crippen LogP contribution in [0.5, 0.6) is 0 Å². The number of hydrogen-bond acceptors (Lipinski definition) is 3. The summed E-state index contributed by atoms with van der Waals surface area (Å²) in [5.74, 6) is 0. The molecule has 0 aromatic heterocycles. The summed E-state index contributed by atoms with van der Waals surface area (Å²) in [7, 11) is -1.43. The largest absolute Gasteiger partial charge is 0.489 e. The zero-order valence-corrected chi connectivity index (χ0v) is 35.1. The molecule has 0 unspecified atom stereocenters. The van der Waals surface area contributed by atoms with Crippen LogP contribution in [0, 0.1) is 5.41 Å². The first-order chi connectivity index (χ1) is 26.8. The van der Waals surface area contributed by atoms with E-state index in [4.69, 9.17) is 0 Å². The standard InChI is InChI=1S/C26H26.C15H13BO2.C10H14BrN/c1-26(2,3)18-21-12-6-7-13-23(21)25-15-9-8-14-24(25)22-16-19-10-4-5-11-20(19)17-22;17-16(18)15-8-4-3-7-14(15)13-9-11-5-1-2-6-12(11)10-13;1-10(2,3)12-9-7-5-4-6-8(9)11/h4-16H,17-18H2,1-3H3;1-9,17-18H,10H2;4-7,12H,1-3H3. The van der Waals surface area contributed by atoms with Crippen molar-refractivity contribution in [1.29, 1.82) is 0 Å². The van der Waals surface area contributed by atoms with Gasteiger partial charge in [-0.05, 0) is 140 Å². The number of benzene rings is 6. The second-order valence-electron chi connectivity index (χ2n) is 16.8. The van der Waals surface area contributed by atoms with Crippen molar-refractivity contribution in [1.82, 2.24) is 0 Å². The minimum Gasteiger partial charge on any atom is -0.423 e. The molecule has 2 aliphatic carbocycles. The Kier molecular flexibility index (Phi) is 13.0. The third-order valence-electron chi connectivity index (χ3n) is 9.80. The molecule has 0 heterocycles. The van der Waals surface area contributed by atoms with E-state index < -0.39 is 7.12 Å². The van der Waals surface area contributed by atoms with Crippen LogP contribution in [0.4, 0.5) is 5.69 Å². The van der Waals surface area contributed by atoms with E-state index in [9.17, 15) is 10.0 Å². The van der Waals surface area contributed by atoms with Gasteiger partial charge in [-0.1, -0.05) is 166 Å². The van der Waals surface area contributed by atoms with Crippen LogP contribution in [-0.4, -0.2) is 22.7 Å². The molecule has 0 atom stereocenters. The number of rotatable bonds is 6. The van der Waals surface area contributed by atoms with Crippen LogP contribution in [0.1, 0.15) is 80.5 Å². The lowest BCUT2D eigenvalue weighted by Crippen LogP contribution is -2.32. The Morgan fingerprint density at radius 2 is 1.00 bits per heavy atom. The van der Waals surface area contributed by atoms with Crippen molar-refractivity contribution in [2.75, 3.05) is 5.32 Å². The van der Waals surface area contributed by atoms with Crippen LogP contribution in [0.25, 0.3) is 34.4 Å². The van der Waals surface area contributed by atoms with Crippen LogP contribution in [-0.2, 0) is 19.3 Å². The average molecular weight is 803 g/mol. The lowest BCUT2D eigenvalue weighted by atomic mass is 9.75. The molecule has 0 saturated carbocycles. The van der Waals surface area contributed by atoms with E-state index in [1.54, 1.807) is 6.07 Å². The monoisotopic (exact) mass is 801 g/mol. The molecular weight excluding hydrogens is 749 g/mol. The first-order valence-corrected chi connectivity index (χ1v) is 20.3. The van der Waals surface area contributed by atoms with Crippen LogP contribution < -0.4 is 10.8 Å². The Bertz CT molecular complexity index is 2340. The molecule has 0 aliphatic heterocycles. The minimum atomic E-state index is -1.43. The minimum absolute atomic E-state index is 0.115. The highest BCUT2D eigenvalue weighted by Crippen LogP contribution is 2.39. The number of allylic oxidation sites excluding steroid dienone is 2. The van der Waals surface area contributed by atoms with Crippen molar-refractivity contribution < 1.29 is 10.0 Å². The molecule has 0 radical (unpaired) electrons. The van der Waals surface area contributed by atoms with Gasteiger partial charge in [0.25, 0.3) is 0 Å². The van der Waals surface area contributed by atoms with E-state index in [1.165, 1.54) is 50.1 Å². The Labute approximate surface area is 343 Å². The zero-order chi connectivity index (χ0) is 39.9. The van der Waals surface area contributed by atoms with Crippen molar-refractivity contribution >= 4 is 57.5 Å². The number of halogens is 1. The van der Waals surface area contributed by atoms with Gasteiger partial charge >= 0.3 is 7.12 Å². The predicted molar refractivity (Wildman–Crippen MR) is 245 cm³/mol. The maximum absolute atomic E-state index is 9.41. The molecular formula is C51H53BBrNO2. The van der Waals surface area contributed by atoms with Crippen LogP contribution in [0.3, 0.4) is 0 Å². The average Bonchev–Trinajstić information content (AvgIpc) is 3.81. The molecule has 8 rings (SSSR count). The van der Waals surface area contributed by atoms with Crippen molar-refractivity contribution in [3.05, 3.63) is 189 Å². The normalized spacial score (nSPS) is 12.9. The number of hydrogen-bond donors (Lipinski definition) is 3. The summed E-state index contributed by atoms with van der Waals surface area (Å²) in [6.07, 6.45) is 7.43. The highest BCUT2D eigenvalue weighted by molar-refractivity contribution is 9.10. The number of fused-ring (bicyclic) bond motifs is 2. The second-order valence-corrected chi connectivity index (χ2v) is 17.7. The Morgan fingerprint density at radius 1 is 0.536 bits per heavy atom. The van der Waals surface area contributed by atoms with Gasteiger partial charge in [0.15, 0.2) is 0 Å². The van der Waals surface area contributed by atoms with Gasteiger partial charge in [0.2, 0.25) is 0 Å². The Balaban J connectivity index is 0.000000154. The van der Waals surface area contributed by atoms with Crippen LogP contribution in [0.15, 0.2) is 150 Å². The third kappa shape index (κ3) is 10.7. The SMILES string of the molecule is CC(C)(C)Cc1ccccc1-c1ccccc1C1=Cc2ccccc2C1.CC(C)(C)Nc1ccccc1Br.OB(O)c1ccccc1C1=Cc2ccccc2C1. The van der Waals surface area contributed by atoms with Gasteiger partial charge in [0, 0.05) is 15.7 Å². The molecule has 6 aromatic carbocycles. The molecule has 0 saturated heterocycles. The molecule has 6 aromatic rings. The van der Waals surface area contributed by atoms with Crippen molar-refractivity contribution in [3.8, 4) is 11.1 Å². The van der Waals surface area contributed by atoms with E-state index >= 15 is 0 Å². The van der Waals surface area contributed by atoms with Gasteiger partial charge in [0.05, 0.1) is 0 Å². The van der Waals surface area contributed by atoms with Crippen LogP contribution in [0.2, 0.25) is 0 Å². The van der Waals surface area contributed by atoms with E-state index in [1.807, 2.05) is 48.5 Å². The van der Waals surface area contributed by atoms with E-state index in [0.717, 1.165) is 40.6 Å². The summed E-state index contributed by atoms with van der Waals surface area (Å²) in [6.45, 7) is 13.4. The number of anilines is 1. The molecule has 5 heteroatoms. The predicted octanol–water partition coefficient (Wildman–Crippen LogP) is 12.2. The molecule has 0 spiro atoms. The molecule has 3 nitrogen and oxygen atoms in total. The molecule has 0 amide bonds. The van der Waals surface area contributed by atoms with Crippen molar-refractivity contribution in [3.63, 3.8) is 0 Å². The van der Waals surface area contributed by atoms with Crippen LogP contribution >= 0.6 is 15.9 Å². The Hall–Kier alpha value is -4.94. The quantitative estimate of drug-likeness (QED) is 0.147. The summed E-state index contributed by atoms with van der Waals surface area (Å²) in [5, 5.41) is 22.2. The van der Waals surface area contributed by atoms with E-state index in [2.05, 4.69) is 166 Å². The highest BCUT2D eigenvalue weighted by Gasteiger charge is 2.22. The van der Waals surface area contributed by atoms with Gasteiger partial charge in [-0.15, -0.1) is 0 Å². The fraction of sp³-hybridized carbons (Fsp3) is 0.216. The molecule has 284 valence electrons. The summed E-state index contributed by atoms with van der Waals surface area (Å²) >= 11 is 3.49. The molecule has 56 heavy (non-hydrogen) atoms. The first-order valence-electron chi connectivity index (χ1n) is 19.5. The molecule has 3 N–H and O–H groups in total. The molecule has 2 aliphatic rings. The Morgan fingerprint density at radius 3 is 1.55 bits per heavy atom. The first kappa shape index (κ1) is 40.7. The van der Waals surface area contributed by atoms with E-state index in [-0.39, 0.29) is 11.0 Å². The highest BCUT2D eigenvalue weighted by atomic mass is 79.9. The fourth-order valence-electron chi connectivity index (χ4n) is 7.39. The summed E-state index contributed by atoms with van der Waals surface area (Å²) in [4.78, 5) is 0. The smallest absolute Gasteiger partial charge is 0.423 e.